The molecule has 1 aliphatic heterocycles. The van der Waals surface area contributed by atoms with E-state index in [-0.39, 0.29) is 6.04 Å². The molecule has 128 valence electrons. The summed E-state index contributed by atoms with van der Waals surface area (Å²) in [6.45, 7) is 1.29. The van der Waals surface area contributed by atoms with E-state index in [9.17, 15) is 0 Å². The third-order valence-electron chi connectivity index (χ3n) is 4.34. The monoisotopic (exact) mass is 335 g/mol. The zero-order chi connectivity index (χ0) is 17.1. The van der Waals surface area contributed by atoms with Crippen molar-refractivity contribution in [2.24, 2.45) is 10.7 Å². The highest BCUT2D eigenvalue weighted by Gasteiger charge is 2.21. The Bertz CT molecular complexity index is 868. The highest BCUT2D eigenvalue weighted by molar-refractivity contribution is 5.78. The number of guanidine groups is 1. The number of nitrogens with one attached hydrogen (secondary N) is 1. The first-order valence-electron chi connectivity index (χ1n) is 8.50. The number of rotatable bonds is 4. The SMILES string of the molecule is NC(=NCCc1cn2ccccc2n1)NC1CCOc2ccccc21. The lowest BCUT2D eigenvalue weighted by atomic mass is 10.0. The molecule has 6 nitrogen and oxygen atoms in total. The molecular weight excluding hydrogens is 314 g/mol. The van der Waals surface area contributed by atoms with Crippen molar-refractivity contribution in [3.63, 3.8) is 0 Å². The zero-order valence-corrected chi connectivity index (χ0v) is 13.9. The number of ether oxygens (including phenoxy) is 1. The summed E-state index contributed by atoms with van der Waals surface area (Å²) in [6.07, 6.45) is 5.66. The summed E-state index contributed by atoms with van der Waals surface area (Å²) >= 11 is 0. The Morgan fingerprint density at radius 3 is 3.08 bits per heavy atom. The van der Waals surface area contributed by atoms with Gasteiger partial charge >= 0.3 is 0 Å². The number of hydrogen-bond donors (Lipinski definition) is 2. The van der Waals surface area contributed by atoms with E-state index >= 15 is 0 Å². The van der Waals surface area contributed by atoms with Crippen LogP contribution in [0.4, 0.5) is 0 Å². The van der Waals surface area contributed by atoms with Gasteiger partial charge < -0.3 is 20.2 Å². The second-order valence-electron chi connectivity index (χ2n) is 6.09. The first-order valence-corrected chi connectivity index (χ1v) is 8.50. The smallest absolute Gasteiger partial charge is 0.189 e. The lowest BCUT2D eigenvalue weighted by molar-refractivity contribution is 0.262. The molecule has 0 radical (unpaired) electrons. The summed E-state index contributed by atoms with van der Waals surface area (Å²) in [5, 5.41) is 3.31. The molecule has 0 saturated heterocycles. The number of nitrogens with zero attached hydrogens (tertiary/aromatic N) is 3. The molecule has 2 aromatic heterocycles. The first kappa shape index (κ1) is 15.5. The van der Waals surface area contributed by atoms with Crippen molar-refractivity contribution in [2.45, 2.75) is 18.9 Å². The van der Waals surface area contributed by atoms with E-state index in [0.29, 0.717) is 19.1 Å². The molecule has 3 N–H and O–H groups in total. The van der Waals surface area contributed by atoms with Crippen molar-refractivity contribution in [3.05, 3.63) is 66.1 Å². The average molecular weight is 335 g/mol. The summed E-state index contributed by atoms with van der Waals surface area (Å²) < 4.78 is 7.69. The van der Waals surface area contributed by atoms with Crippen LogP contribution in [0.2, 0.25) is 0 Å². The number of benzene rings is 1. The van der Waals surface area contributed by atoms with Crippen LogP contribution in [0.25, 0.3) is 5.65 Å². The first-order chi connectivity index (χ1) is 12.3. The van der Waals surface area contributed by atoms with Crippen LogP contribution in [0.15, 0.2) is 59.9 Å². The minimum Gasteiger partial charge on any atom is -0.493 e. The number of nitrogens with two attached hydrogens (primary N) is 1. The van der Waals surface area contributed by atoms with Gasteiger partial charge in [0.1, 0.15) is 11.4 Å². The molecule has 0 spiro atoms. The summed E-state index contributed by atoms with van der Waals surface area (Å²) in [4.78, 5) is 9.02. The van der Waals surface area contributed by atoms with Crippen molar-refractivity contribution in [3.8, 4) is 5.75 Å². The van der Waals surface area contributed by atoms with Crippen molar-refractivity contribution >= 4 is 11.6 Å². The summed E-state index contributed by atoms with van der Waals surface area (Å²) in [5.41, 5.74) is 9.17. The van der Waals surface area contributed by atoms with Gasteiger partial charge in [-0.25, -0.2) is 4.98 Å². The highest BCUT2D eigenvalue weighted by atomic mass is 16.5. The predicted octanol–water partition coefficient (Wildman–Crippen LogP) is 2.30. The van der Waals surface area contributed by atoms with E-state index in [4.69, 9.17) is 10.5 Å². The summed E-state index contributed by atoms with van der Waals surface area (Å²) in [5.74, 6) is 1.38. The largest absolute Gasteiger partial charge is 0.493 e. The standard InChI is InChI=1S/C19H21N5O/c20-19(23-16-9-12-25-17-6-2-1-5-15(16)17)21-10-8-14-13-24-11-4-3-7-18(24)22-14/h1-7,11,13,16H,8-10,12H2,(H3,20,21,23). The normalized spacial score (nSPS) is 17.1. The van der Waals surface area contributed by atoms with Crippen molar-refractivity contribution in [1.29, 1.82) is 0 Å². The van der Waals surface area contributed by atoms with E-state index in [1.807, 2.05) is 53.2 Å². The maximum absolute atomic E-state index is 6.07. The Morgan fingerprint density at radius 2 is 2.16 bits per heavy atom. The molecule has 25 heavy (non-hydrogen) atoms. The lowest BCUT2D eigenvalue weighted by Crippen LogP contribution is -2.37. The third kappa shape index (κ3) is 3.42. The van der Waals surface area contributed by atoms with Gasteiger partial charge in [0.15, 0.2) is 5.96 Å². The Kier molecular flexibility index (Phi) is 4.24. The molecule has 0 aliphatic carbocycles. The molecule has 4 rings (SSSR count). The van der Waals surface area contributed by atoms with E-state index in [1.54, 1.807) is 0 Å². The lowest BCUT2D eigenvalue weighted by Gasteiger charge is -2.26. The van der Waals surface area contributed by atoms with Gasteiger partial charge in [-0.15, -0.1) is 0 Å². The molecule has 3 aromatic rings. The predicted molar refractivity (Wildman–Crippen MR) is 97.8 cm³/mol. The summed E-state index contributed by atoms with van der Waals surface area (Å²) in [6, 6.07) is 14.2. The fraction of sp³-hybridized carbons (Fsp3) is 0.263. The summed E-state index contributed by atoms with van der Waals surface area (Å²) in [7, 11) is 0. The molecule has 0 bridgehead atoms. The van der Waals surface area contributed by atoms with Crippen LogP contribution in [-0.4, -0.2) is 28.5 Å². The highest BCUT2D eigenvalue weighted by Crippen LogP contribution is 2.31. The number of aliphatic imine (C=N–C) groups is 1. The van der Waals surface area contributed by atoms with E-state index in [1.165, 1.54) is 0 Å². The number of hydrogen-bond acceptors (Lipinski definition) is 3. The van der Waals surface area contributed by atoms with Crippen molar-refractivity contribution in [2.75, 3.05) is 13.2 Å². The second-order valence-corrected chi connectivity index (χ2v) is 6.09. The van der Waals surface area contributed by atoms with Gasteiger partial charge in [0.25, 0.3) is 0 Å². The van der Waals surface area contributed by atoms with E-state index in [0.717, 1.165) is 35.5 Å². The van der Waals surface area contributed by atoms with Crippen LogP contribution in [0, 0.1) is 0 Å². The van der Waals surface area contributed by atoms with Crippen LogP contribution >= 0.6 is 0 Å². The second kappa shape index (κ2) is 6.84. The molecular formula is C19H21N5O. The van der Waals surface area contributed by atoms with Crippen molar-refractivity contribution < 1.29 is 4.74 Å². The number of imidazole rings is 1. The molecule has 0 fully saturated rings. The van der Waals surface area contributed by atoms with Gasteiger partial charge in [0.05, 0.1) is 18.3 Å². The van der Waals surface area contributed by atoms with Crippen LogP contribution in [0.3, 0.4) is 0 Å². The number of fused-ring (bicyclic) bond motifs is 2. The average Bonchev–Trinajstić information content (AvgIpc) is 3.05. The van der Waals surface area contributed by atoms with Crippen LogP contribution in [0.1, 0.15) is 23.7 Å². The van der Waals surface area contributed by atoms with Gasteiger partial charge in [-0.2, -0.15) is 0 Å². The minimum atomic E-state index is 0.142. The number of pyridine rings is 1. The fourth-order valence-corrected chi connectivity index (χ4v) is 3.11. The quantitative estimate of drug-likeness (QED) is 0.566. The van der Waals surface area contributed by atoms with Crippen molar-refractivity contribution in [1.82, 2.24) is 14.7 Å². The Balaban J connectivity index is 1.37. The molecule has 1 aromatic carbocycles. The molecule has 1 unspecified atom stereocenters. The zero-order valence-electron chi connectivity index (χ0n) is 13.9. The van der Waals surface area contributed by atoms with Crippen LogP contribution in [0.5, 0.6) is 5.75 Å². The Labute approximate surface area is 146 Å². The number of aromatic nitrogens is 2. The number of para-hydroxylation sites is 1. The molecule has 1 aliphatic rings. The third-order valence-corrected chi connectivity index (χ3v) is 4.34. The molecule has 1 atom stereocenters. The van der Waals surface area contributed by atoms with E-state index < -0.39 is 0 Å². The van der Waals surface area contributed by atoms with Crippen LogP contribution in [-0.2, 0) is 6.42 Å². The fourth-order valence-electron chi connectivity index (χ4n) is 3.11. The van der Waals surface area contributed by atoms with Gasteiger partial charge in [0.2, 0.25) is 0 Å². The van der Waals surface area contributed by atoms with Gasteiger partial charge in [-0.1, -0.05) is 24.3 Å². The van der Waals surface area contributed by atoms with E-state index in [2.05, 4.69) is 21.4 Å². The maximum atomic E-state index is 6.07. The topological polar surface area (TPSA) is 76.9 Å². The van der Waals surface area contributed by atoms with Crippen LogP contribution < -0.4 is 15.8 Å². The molecule has 0 saturated carbocycles. The molecule has 0 amide bonds. The molecule has 3 heterocycles. The van der Waals surface area contributed by atoms with Gasteiger partial charge in [0, 0.05) is 37.3 Å². The molecule has 6 heteroatoms. The Hall–Kier alpha value is -3.02. The minimum absolute atomic E-state index is 0.142. The Morgan fingerprint density at radius 1 is 1.28 bits per heavy atom. The van der Waals surface area contributed by atoms with Gasteiger partial charge in [-0.3, -0.25) is 4.99 Å². The van der Waals surface area contributed by atoms with Gasteiger partial charge in [-0.05, 0) is 18.2 Å². The maximum Gasteiger partial charge on any atom is 0.189 e.